The number of nitrogens with zero attached hydrogens (tertiary/aromatic N) is 2. The number of anilines is 2. The fourth-order valence-corrected chi connectivity index (χ4v) is 2.56. The van der Waals surface area contributed by atoms with E-state index in [0.717, 1.165) is 18.5 Å². The molecular weight excluding hydrogens is 296 g/mol. The Morgan fingerprint density at radius 3 is 2.91 bits per heavy atom. The normalized spacial score (nSPS) is 16.1. The monoisotopic (exact) mass is 310 g/mol. The number of carbonyl (C=O) groups excluding carboxylic acids is 2. The number of para-hydroxylation sites is 1. The van der Waals surface area contributed by atoms with Gasteiger partial charge in [0.2, 0.25) is 0 Å². The van der Waals surface area contributed by atoms with Gasteiger partial charge in [-0.3, -0.25) is 14.6 Å². The molecule has 0 saturated heterocycles. The SMILES string of the molecule is O=C1COc2cccc(C(=O)Nc3nccnc3C3CC3)c2N1. The minimum Gasteiger partial charge on any atom is -0.482 e. The van der Waals surface area contributed by atoms with E-state index in [2.05, 4.69) is 20.6 Å². The Balaban J connectivity index is 1.64. The molecule has 2 aliphatic rings. The van der Waals surface area contributed by atoms with Crippen molar-refractivity contribution in [3.8, 4) is 5.75 Å². The maximum atomic E-state index is 12.6. The summed E-state index contributed by atoms with van der Waals surface area (Å²) in [4.78, 5) is 32.7. The third kappa shape index (κ3) is 2.61. The van der Waals surface area contributed by atoms with Crippen molar-refractivity contribution < 1.29 is 14.3 Å². The number of hydrogen-bond acceptors (Lipinski definition) is 5. The third-order valence-corrected chi connectivity index (χ3v) is 3.82. The third-order valence-electron chi connectivity index (χ3n) is 3.82. The van der Waals surface area contributed by atoms with Gasteiger partial charge in [0.25, 0.3) is 11.8 Å². The van der Waals surface area contributed by atoms with Gasteiger partial charge in [0.05, 0.1) is 16.9 Å². The summed E-state index contributed by atoms with van der Waals surface area (Å²) in [6.45, 7) is -0.0476. The van der Waals surface area contributed by atoms with Crippen molar-refractivity contribution in [2.45, 2.75) is 18.8 Å². The molecule has 23 heavy (non-hydrogen) atoms. The molecule has 1 saturated carbocycles. The summed E-state index contributed by atoms with van der Waals surface area (Å²) in [6.07, 6.45) is 5.30. The van der Waals surface area contributed by atoms with Crippen LogP contribution in [0.3, 0.4) is 0 Å². The van der Waals surface area contributed by atoms with Gasteiger partial charge in [-0.25, -0.2) is 4.98 Å². The van der Waals surface area contributed by atoms with E-state index >= 15 is 0 Å². The first-order chi connectivity index (χ1) is 11.2. The van der Waals surface area contributed by atoms with Crippen LogP contribution in [-0.2, 0) is 4.79 Å². The molecule has 2 N–H and O–H groups in total. The highest BCUT2D eigenvalue weighted by molar-refractivity contribution is 6.11. The zero-order chi connectivity index (χ0) is 15.8. The van der Waals surface area contributed by atoms with Crippen LogP contribution in [0.2, 0.25) is 0 Å². The highest BCUT2D eigenvalue weighted by Gasteiger charge is 2.29. The first-order valence-electron chi connectivity index (χ1n) is 7.40. The van der Waals surface area contributed by atoms with Crippen molar-refractivity contribution in [1.82, 2.24) is 9.97 Å². The summed E-state index contributed by atoms with van der Waals surface area (Å²) in [5.41, 5.74) is 1.53. The second-order valence-electron chi connectivity index (χ2n) is 5.53. The number of carbonyl (C=O) groups is 2. The highest BCUT2D eigenvalue weighted by atomic mass is 16.5. The zero-order valence-corrected chi connectivity index (χ0v) is 12.2. The van der Waals surface area contributed by atoms with Crippen LogP contribution in [0.5, 0.6) is 5.75 Å². The van der Waals surface area contributed by atoms with Crippen molar-refractivity contribution in [2.75, 3.05) is 17.2 Å². The van der Waals surface area contributed by atoms with Crippen LogP contribution in [0.4, 0.5) is 11.5 Å². The van der Waals surface area contributed by atoms with Crippen LogP contribution in [0, 0.1) is 0 Å². The number of hydrogen-bond donors (Lipinski definition) is 2. The molecule has 2 heterocycles. The van der Waals surface area contributed by atoms with Crippen molar-refractivity contribution in [3.05, 3.63) is 41.9 Å². The fraction of sp³-hybridized carbons (Fsp3) is 0.250. The number of benzene rings is 1. The van der Waals surface area contributed by atoms with E-state index in [4.69, 9.17) is 4.74 Å². The lowest BCUT2D eigenvalue weighted by Crippen LogP contribution is -2.28. The van der Waals surface area contributed by atoms with Crippen molar-refractivity contribution in [3.63, 3.8) is 0 Å². The first kappa shape index (κ1) is 13.7. The predicted molar refractivity (Wildman–Crippen MR) is 82.5 cm³/mol. The van der Waals surface area contributed by atoms with Crippen LogP contribution in [0.15, 0.2) is 30.6 Å². The second-order valence-corrected chi connectivity index (χ2v) is 5.53. The number of nitrogens with one attached hydrogen (secondary N) is 2. The summed E-state index contributed by atoms with van der Waals surface area (Å²) in [5, 5.41) is 5.48. The molecule has 1 aliphatic heterocycles. The van der Waals surface area contributed by atoms with Gasteiger partial charge in [0, 0.05) is 18.3 Å². The van der Waals surface area contributed by atoms with Crippen LogP contribution >= 0.6 is 0 Å². The average Bonchev–Trinajstić information content (AvgIpc) is 3.39. The van der Waals surface area contributed by atoms with Gasteiger partial charge in [-0.2, -0.15) is 0 Å². The molecule has 7 nitrogen and oxygen atoms in total. The Labute approximate surface area is 132 Å². The van der Waals surface area contributed by atoms with Gasteiger partial charge in [-0.05, 0) is 25.0 Å². The van der Waals surface area contributed by atoms with E-state index in [0.29, 0.717) is 28.7 Å². The molecule has 1 aromatic carbocycles. The molecule has 0 atom stereocenters. The van der Waals surface area contributed by atoms with Crippen molar-refractivity contribution >= 4 is 23.3 Å². The largest absolute Gasteiger partial charge is 0.482 e. The lowest BCUT2D eigenvalue weighted by molar-refractivity contribution is -0.118. The minimum atomic E-state index is -0.352. The van der Waals surface area contributed by atoms with E-state index in [1.807, 2.05) is 0 Å². The van der Waals surface area contributed by atoms with Gasteiger partial charge < -0.3 is 15.4 Å². The maximum Gasteiger partial charge on any atom is 0.262 e. The van der Waals surface area contributed by atoms with E-state index in [9.17, 15) is 9.59 Å². The molecule has 116 valence electrons. The van der Waals surface area contributed by atoms with Crippen LogP contribution < -0.4 is 15.4 Å². The smallest absolute Gasteiger partial charge is 0.262 e. The fourth-order valence-electron chi connectivity index (χ4n) is 2.56. The molecule has 0 spiro atoms. The molecule has 7 heteroatoms. The summed E-state index contributed by atoms with van der Waals surface area (Å²) in [7, 11) is 0. The van der Waals surface area contributed by atoms with Crippen LogP contribution in [0.25, 0.3) is 0 Å². The summed E-state index contributed by atoms with van der Waals surface area (Å²) in [6, 6.07) is 5.06. The quantitative estimate of drug-likeness (QED) is 0.903. The first-order valence-corrected chi connectivity index (χ1v) is 7.40. The van der Waals surface area contributed by atoms with E-state index in [1.54, 1.807) is 30.6 Å². The molecule has 1 aliphatic carbocycles. The van der Waals surface area contributed by atoms with Gasteiger partial charge in [0.15, 0.2) is 12.4 Å². The molecule has 0 bridgehead atoms. The number of fused-ring (bicyclic) bond motifs is 1. The van der Waals surface area contributed by atoms with E-state index < -0.39 is 0 Å². The van der Waals surface area contributed by atoms with Crippen LogP contribution in [-0.4, -0.2) is 28.4 Å². The van der Waals surface area contributed by atoms with Crippen molar-refractivity contribution in [2.24, 2.45) is 0 Å². The average molecular weight is 310 g/mol. The molecule has 1 aromatic heterocycles. The Bertz CT molecular complexity index is 802. The van der Waals surface area contributed by atoms with Gasteiger partial charge in [-0.15, -0.1) is 0 Å². The molecule has 0 unspecified atom stereocenters. The van der Waals surface area contributed by atoms with Gasteiger partial charge in [-0.1, -0.05) is 6.07 Å². The maximum absolute atomic E-state index is 12.6. The summed E-state index contributed by atoms with van der Waals surface area (Å²) < 4.78 is 5.33. The Morgan fingerprint density at radius 1 is 1.26 bits per heavy atom. The number of amides is 2. The molecule has 0 radical (unpaired) electrons. The summed E-state index contributed by atoms with van der Waals surface area (Å²) >= 11 is 0. The highest BCUT2D eigenvalue weighted by Crippen LogP contribution is 2.41. The van der Waals surface area contributed by atoms with Gasteiger partial charge in [0.1, 0.15) is 5.75 Å². The van der Waals surface area contributed by atoms with Crippen LogP contribution in [0.1, 0.15) is 34.8 Å². The lowest BCUT2D eigenvalue weighted by Gasteiger charge is -2.20. The lowest BCUT2D eigenvalue weighted by atomic mass is 10.1. The molecule has 2 aromatic rings. The molecule has 1 fully saturated rings. The zero-order valence-electron chi connectivity index (χ0n) is 12.2. The molecule has 2 amide bonds. The van der Waals surface area contributed by atoms with E-state index in [-0.39, 0.29) is 18.4 Å². The Kier molecular flexibility index (Phi) is 3.18. The topological polar surface area (TPSA) is 93.2 Å². The standard InChI is InChI=1S/C16H14N4O3/c21-12-8-23-11-3-1-2-10(14(11)19-12)16(22)20-15-13(9-4-5-9)17-6-7-18-15/h1-3,6-7,9H,4-5,8H2,(H,19,21)(H,18,20,22). The van der Waals surface area contributed by atoms with Gasteiger partial charge >= 0.3 is 0 Å². The van der Waals surface area contributed by atoms with E-state index in [1.165, 1.54) is 0 Å². The minimum absolute atomic E-state index is 0.0476. The molecular formula is C16H14N4O3. The Morgan fingerprint density at radius 2 is 2.09 bits per heavy atom. The summed E-state index contributed by atoms with van der Waals surface area (Å²) in [5.74, 6) is 0.692. The molecule has 4 rings (SSSR count). The number of rotatable bonds is 3. The number of ether oxygens (including phenoxy) is 1. The van der Waals surface area contributed by atoms with Crippen molar-refractivity contribution in [1.29, 1.82) is 0 Å². The number of aromatic nitrogens is 2. The second kappa shape index (κ2) is 5.35. The Hall–Kier alpha value is -2.96. The predicted octanol–water partition coefficient (Wildman–Crippen LogP) is 1.94.